The van der Waals surface area contributed by atoms with Crippen molar-refractivity contribution in [2.45, 2.75) is 10.2 Å². The molecule has 0 atom stereocenters. The van der Waals surface area contributed by atoms with Gasteiger partial charge in [0, 0.05) is 6.20 Å². The zero-order valence-electron chi connectivity index (χ0n) is 9.45. The number of aromatic nitrogens is 3. The van der Waals surface area contributed by atoms with Gasteiger partial charge in [0.15, 0.2) is 0 Å². The van der Waals surface area contributed by atoms with Crippen molar-refractivity contribution in [3.8, 4) is 11.8 Å². The van der Waals surface area contributed by atoms with Crippen LogP contribution in [0.15, 0.2) is 40.6 Å². The molecule has 0 aliphatic carbocycles. The summed E-state index contributed by atoms with van der Waals surface area (Å²) in [6.07, 6.45) is 1.72. The number of ether oxygens (including phenoxy) is 2. The van der Waals surface area contributed by atoms with Crippen LogP contribution in [0.5, 0.6) is 11.8 Å². The third kappa shape index (κ3) is 3.07. The SMILES string of the molecule is COc1cc(OC)nc(Sc2ccccn2)n1. The van der Waals surface area contributed by atoms with Crippen molar-refractivity contribution in [1.29, 1.82) is 0 Å². The van der Waals surface area contributed by atoms with E-state index in [9.17, 15) is 0 Å². The van der Waals surface area contributed by atoms with Crippen LogP contribution in [-0.4, -0.2) is 29.2 Å². The molecular formula is C11H11N3O2S. The molecule has 17 heavy (non-hydrogen) atoms. The Morgan fingerprint density at radius 3 is 2.29 bits per heavy atom. The predicted molar refractivity (Wildman–Crippen MR) is 63.5 cm³/mol. The Kier molecular flexibility index (Phi) is 3.77. The minimum atomic E-state index is 0.468. The summed E-state index contributed by atoms with van der Waals surface area (Å²) >= 11 is 1.35. The Morgan fingerprint density at radius 1 is 1.06 bits per heavy atom. The molecule has 0 radical (unpaired) electrons. The van der Waals surface area contributed by atoms with E-state index in [1.54, 1.807) is 26.5 Å². The average molecular weight is 249 g/mol. The van der Waals surface area contributed by atoms with E-state index in [0.717, 1.165) is 5.03 Å². The van der Waals surface area contributed by atoms with Crippen LogP contribution in [0, 0.1) is 0 Å². The van der Waals surface area contributed by atoms with Crippen LogP contribution in [0.25, 0.3) is 0 Å². The molecule has 0 spiro atoms. The van der Waals surface area contributed by atoms with Crippen LogP contribution in [0.4, 0.5) is 0 Å². The second-order valence-electron chi connectivity index (χ2n) is 3.01. The van der Waals surface area contributed by atoms with Crippen LogP contribution < -0.4 is 9.47 Å². The molecule has 0 amide bonds. The van der Waals surface area contributed by atoms with Gasteiger partial charge in [-0.25, -0.2) is 4.98 Å². The first-order valence-electron chi connectivity index (χ1n) is 4.88. The predicted octanol–water partition coefficient (Wildman–Crippen LogP) is 2.04. The number of methoxy groups -OCH3 is 2. The molecule has 5 nitrogen and oxygen atoms in total. The first kappa shape index (κ1) is 11.7. The highest BCUT2D eigenvalue weighted by atomic mass is 32.2. The fourth-order valence-corrected chi connectivity index (χ4v) is 1.86. The standard InChI is InChI=1S/C11H11N3O2S/c1-15-8-7-9(16-2)14-11(13-8)17-10-5-3-4-6-12-10/h3-7H,1-2H3. The minimum absolute atomic E-state index is 0.468. The van der Waals surface area contributed by atoms with Gasteiger partial charge in [0.05, 0.1) is 20.3 Å². The van der Waals surface area contributed by atoms with Gasteiger partial charge in [-0.3, -0.25) is 0 Å². The zero-order valence-corrected chi connectivity index (χ0v) is 10.3. The van der Waals surface area contributed by atoms with E-state index in [-0.39, 0.29) is 0 Å². The maximum atomic E-state index is 5.07. The highest BCUT2D eigenvalue weighted by molar-refractivity contribution is 7.99. The first-order valence-corrected chi connectivity index (χ1v) is 5.69. The maximum absolute atomic E-state index is 5.07. The summed E-state index contributed by atoms with van der Waals surface area (Å²) in [4.78, 5) is 12.6. The molecule has 2 aromatic heterocycles. The Labute approximate surface area is 103 Å². The second-order valence-corrected chi connectivity index (χ2v) is 3.99. The molecule has 88 valence electrons. The van der Waals surface area contributed by atoms with E-state index in [2.05, 4.69) is 15.0 Å². The second kappa shape index (κ2) is 5.49. The van der Waals surface area contributed by atoms with Gasteiger partial charge in [0.2, 0.25) is 16.9 Å². The minimum Gasteiger partial charge on any atom is -0.481 e. The van der Waals surface area contributed by atoms with Gasteiger partial charge < -0.3 is 9.47 Å². The Morgan fingerprint density at radius 2 is 1.76 bits per heavy atom. The van der Waals surface area contributed by atoms with E-state index < -0.39 is 0 Å². The summed E-state index contributed by atoms with van der Waals surface area (Å²) < 4.78 is 10.1. The van der Waals surface area contributed by atoms with E-state index in [0.29, 0.717) is 16.9 Å². The first-order chi connectivity index (χ1) is 8.31. The zero-order chi connectivity index (χ0) is 12.1. The molecule has 2 rings (SSSR count). The summed E-state index contributed by atoms with van der Waals surface area (Å²) in [7, 11) is 3.11. The maximum Gasteiger partial charge on any atom is 0.220 e. The van der Waals surface area contributed by atoms with Crippen molar-refractivity contribution in [1.82, 2.24) is 15.0 Å². The molecule has 0 saturated carbocycles. The quantitative estimate of drug-likeness (QED) is 0.773. The smallest absolute Gasteiger partial charge is 0.220 e. The largest absolute Gasteiger partial charge is 0.481 e. The van der Waals surface area contributed by atoms with Crippen LogP contribution >= 0.6 is 11.8 Å². The summed E-state index contributed by atoms with van der Waals surface area (Å²) in [5.41, 5.74) is 0. The molecule has 0 bridgehead atoms. The summed E-state index contributed by atoms with van der Waals surface area (Å²) in [5, 5.41) is 1.36. The van der Waals surface area contributed by atoms with Gasteiger partial charge >= 0.3 is 0 Å². The summed E-state index contributed by atoms with van der Waals surface area (Å²) in [5.74, 6) is 0.936. The molecule has 0 N–H and O–H groups in total. The van der Waals surface area contributed by atoms with E-state index in [4.69, 9.17) is 9.47 Å². The third-order valence-electron chi connectivity index (χ3n) is 1.91. The van der Waals surface area contributed by atoms with Gasteiger partial charge in [-0.2, -0.15) is 9.97 Å². The number of nitrogens with zero attached hydrogens (tertiary/aromatic N) is 3. The molecule has 0 aliphatic rings. The average Bonchev–Trinajstić information content (AvgIpc) is 2.39. The molecule has 0 unspecified atom stereocenters. The topological polar surface area (TPSA) is 57.1 Å². The molecule has 2 heterocycles. The van der Waals surface area contributed by atoms with Gasteiger partial charge in [-0.1, -0.05) is 6.07 Å². The van der Waals surface area contributed by atoms with Crippen LogP contribution in [0.1, 0.15) is 0 Å². The van der Waals surface area contributed by atoms with Crippen LogP contribution in [0.2, 0.25) is 0 Å². The van der Waals surface area contributed by atoms with E-state index in [1.165, 1.54) is 11.8 Å². The van der Waals surface area contributed by atoms with E-state index >= 15 is 0 Å². The summed E-state index contributed by atoms with van der Waals surface area (Å²) in [6, 6.07) is 7.28. The van der Waals surface area contributed by atoms with Crippen LogP contribution in [-0.2, 0) is 0 Å². The molecule has 0 fully saturated rings. The molecule has 6 heteroatoms. The fourth-order valence-electron chi connectivity index (χ4n) is 1.14. The van der Waals surface area contributed by atoms with Crippen molar-refractivity contribution in [2.24, 2.45) is 0 Å². The molecule has 0 saturated heterocycles. The lowest BCUT2D eigenvalue weighted by molar-refractivity contribution is 0.364. The highest BCUT2D eigenvalue weighted by Gasteiger charge is 2.07. The number of pyridine rings is 1. The lowest BCUT2D eigenvalue weighted by Gasteiger charge is -2.05. The normalized spacial score (nSPS) is 10.0. The fraction of sp³-hybridized carbons (Fsp3) is 0.182. The monoisotopic (exact) mass is 249 g/mol. The Balaban J connectivity index is 2.26. The molecule has 0 aliphatic heterocycles. The van der Waals surface area contributed by atoms with Crippen molar-refractivity contribution in [3.63, 3.8) is 0 Å². The van der Waals surface area contributed by atoms with Crippen molar-refractivity contribution < 1.29 is 9.47 Å². The van der Waals surface area contributed by atoms with Gasteiger partial charge in [0.1, 0.15) is 5.03 Å². The Hall–Kier alpha value is -1.82. The highest BCUT2D eigenvalue weighted by Crippen LogP contribution is 2.26. The third-order valence-corrected chi connectivity index (χ3v) is 2.73. The lowest BCUT2D eigenvalue weighted by Crippen LogP contribution is -1.96. The van der Waals surface area contributed by atoms with Crippen molar-refractivity contribution in [2.75, 3.05) is 14.2 Å². The van der Waals surface area contributed by atoms with Gasteiger partial charge in [-0.05, 0) is 23.9 Å². The summed E-state index contributed by atoms with van der Waals surface area (Å²) in [6.45, 7) is 0. The van der Waals surface area contributed by atoms with Gasteiger partial charge in [-0.15, -0.1) is 0 Å². The number of hydrogen-bond acceptors (Lipinski definition) is 6. The van der Waals surface area contributed by atoms with Crippen LogP contribution in [0.3, 0.4) is 0 Å². The molecular weight excluding hydrogens is 238 g/mol. The molecule has 2 aromatic rings. The lowest BCUT2D eigenvalue weighted by atomic mass is 10.5. The van der Waals surface area contributed by atoms with Crippen molar-refractivity contribution in [3.05, 3.63) is 30.5 Å². The van der Waals surface area contributed by atoms with E-state index in [1.807, 2.05) is 18.2 Å². The molecule has 0 aromatic carbocycles. The Bertz CT molecular complexity index is 471. The van der Waals surface area contributed by atoms with Gasteiger partial charge in [0.25, 0.3) is 0 Å². The number of hydrogen-bond donors (Lipinski definition) is 0. The van der Waals surface area contributed by atoms with Crippen molar-refractivity contribution >= 4 is 11.8 Å². The number of rotatable bonds is 4.